The average Bonchev–Trinajstić information content (AvgIpc) is 2.44. The molecule has 0 spiro atoms. The summed E-state index contributed by atoms with van der Waals surface area (Å²) >= 11 is 3.30. The highest BCUT2D eigenvalue weighted by Crippen LogP contribution is 2.26. The summed E-state index contributed by atoms with van der Waals surface area (Å²) in [6, 6.07) is 4.85. The number of carbonyl (C=O) groups excluding carboxylic acids is 1. The van der Waals surface area contributed by atoms with E-state index < -0.39 is 17.4 Å². The molecule has 0 heterocycles. The number of benzene rings is 1. The number of nitrogens with one attached hydrogen (secondary N) is 1. The van der Waals surface area contributed by atoms with Crippen LogP contribution in [0.1, 0.15) is 37.0 Å². The van der Waals surface area contributed by atoms with Crippen LogP contribution in [0.5, 0.6) is 5.75 Å². The third kappa shape index (κ3) is 3.30. The van der Waals surface area contributed by atoms with Gasteiger partial charge in [0.25, 0.3) is 5.91 Å². The highest BCUT2D eigenvalue weighted by Gasteiger charge is 2.36. The number of rotatable bonds is 6. The van der Waals surface area contributed by atoms with Gasteiger partial charge in [-0.05, 0) is 47.0 Å². The molecule has 0 saturated heterocycles. The largest absolute Gasteiger partial charge is 0.496 e. The van der Waals surface area contributed by atoms with Crippen LogP contribution in [0.3, 0.4) is 0 Å². The van der Waals surface area contributed by atoms with Crippen LogP contribution in [-0.2, 0) is 4.79 Å². The molecule has 0 aromatic heterocycles. The number of carboxylic acids is 1. The minimum atomic E-state index is -1.23. The minimum absolute atomic E-state index is 0.321. The van der Waals surface area contributed by atoms with Crippen LogP contribution in [0.4, 0.5) is 0 Å². The van der Waals surface area contributed by atoms with Crippen molar-refractivity contribution in [3.05, 3.63) is 28.2 Å². The molecule has 1 aromatic carbocycles. The summed E-state index contributed by atoms with van der Waals surface area (Å²) in [5.41, 5.74) is -0.853. The molecule has 0 unspecified atom stereocenters. The van der Waals surface area contributed by atoms with Crippen molar-refractivity contribution in [1.82, 2.24) is 5.32 Å². The van der Waals surface area contributed by atoms with E-state index >= 15 is 0 Å². The van der Waals surface area contributed by atoms with Gasteiger partial charge in [-0.25, -0.2) is 4.79 Å². The van der Waals surface area contributed by atoms with E-state index in [1.165, 1.54) is 7.11 Å². The molecule has 1 aromatic rings. The number of ether oxygens (including phenoxy) is 1. The molecule has 1 rings (SSSR count). The fourth-order valence-electron chi connectivity index (χ4n) is 1.88. The second-order valence-corrected chi connectivity index (χ2v) is 5.25. The summed E-state index contributed by atoms with van der Waals surface area (Å²) in [4.78, 5) is 23.6. The SMILES string of the molecule is CCC(CC)(NC(=O)c1ccc(OC)c(Br)c1)C(=O)O. The zero-order valence-corrected chi connectivity index (χ0v) is 13.3. The Morgan fingerprint density at radius 1 is 1.35 bits per heavy atom. The Kier molecular flexibility index (Phi) is 5.56. The van der Waals surface area contributed by atoms with Gasteiger partial charge in [0.2, 0.25) is 0 Å². The molecule has 6 heteroatoms. The van der Waals surface area contributed by atoms with Gasteiger partial charge < -0.3 is 15.2 Å². The van der Waals surface area contributed by atoms with E-state index in [2.05, 4.69) is 21.2 Å². The Labute approximate surface area is 126 Å². The van der Waals surface area contributed by atoms with E-state index in [-0.39, 0.29) is 0 Å². The molecule has 0 aliphatic rings. The van der Waals surface area contributed by atoms with Crippen molar-refractivity contribution in [2.24, 2.45) is 0 Å². The van der Waals surface area contributed by atoms with Crippen molar-refractivity contribution in [2.45, 2.75) is 32.2 Å². The smallest absolute Gasteiger partial charge is 0.329 e. The molecule has 5 nitrogen and oxygen atoms in total. The van der Waals surface area contributed by atoms with Crippen molar-refractivity contribution in [2.75, 3.05) is 7.11 Å². The summed E-state index contributed by atoms with van der Waals surface area (Å²) in [6.45, 7) is 3.48. The molecule has 20 heavy (non-hydrogen) atoms. The fraction of sp³-hybridized carbons (Fsp3) is 0.429. The van der Waals surface area contributed by atoms with Gasteiger partial charge in [0.15, 0.2) is 0 Å². The maximum Gasteiger partial charge on any atom is 0.329 e. The second-order valence-electron chi connectivity index (χ2n) is 4.40. The van der Waals surface area contributed by atoms with Gasteiger partial charge in [0.05, 0.1) is 11.6 Å². The van der Waals surface area contributed by atoms with Crippen LogP contribution in [0, 0.1) is 0 Å². The molecule has 1 amide bonds. The summed E-state index contributed by atoms with van der Waals surface area (Å²) in [7, 11) is 1.53. The summed E-state index contributed by atoms with van der Waals surface area (Å²) in [6.07, 6.45) is 0.643. The van der Waals surface area contributed by atoms with Crippen LogP contribution < -0.4 is 10.1 Å². The predicted octanol–water partition coefficient (Wildman–Crippen LogP) is 2.83. The first-order chi connectivity index (χ1) is 9.40. The van der Waals surface area contributed by atoms with Crippen molar-refractivity contribution in [1.29, 1.82) is 0 Å². The molecule has 0 fully saturated rings. The van der Waals surface area contributed by atoms with E-state index in [1.807, 2.05) is 0 Å². The molecular weight excluding hydrogens is 326 g/mol. The highest BCUT2D eigenvalue weighted by atomic mass is 79.9. The third-order valence-corrected chi connectivity index (χ3v) is 4.00. The number of aliphatic carboxylic acids is 1. The zero-order chi connectivity index (χ0) is 15.3. The second kappa shape index (κ2) is 6.74. The van der Waals surface area contributed by atoms with E-state index in [4.69, 9.17) is 4.74 Å². The van der Waals surface area contributed by atoms with Crippen molar-refractivity contribution in [3.63, 3.8) is 0 Å². The van der Waals surface area contributed by atoms with Crippen LogP contribution in [-0.4, -0.2) is 29.6 Å². The molecule has 0 radical (unpaired) electrons. The van der Waals surface area contributed by atoms with Crippen LogP contribution in [0.15, 0.2) is 22.7 Å². The number of methoxy groups -OCH3 is 1. The normalized spacial score (nSPS) is 11.0. The van der Waals surface area contributed by atoms with Gasteiger partial charge in [-0.15, -0.1) is 0 Å². The Bertz CT molecular complexity index is 512. The molecule has 2 N–H and O–H groups in total. The Morgan fingerprint density at radius 3 is 2.35 bits per heavy atom. The lowest BCUT2D eigenvalue weighted by Gasteiger charge is -2.28. The lowest BCUT2D eigenvalue weighted by atomic mass is 9.92. The number of carboxylic acid groups (broad SMARTS) is 1. The predicted molar refractivity (Wildman–Crippen MR) is 79.1 cm³/mol. The first kappa shape index (κ1) is 16.5. The van der Waals surface area contributed by atoms with Gasteiger partial charge >= 0.3 is 5.97 Å². The first-order valence-electron chi connectivity index (χ1n) is 6.29. The molecule has 110 valence electrons. The first-order valence-corrected chi connectivity index (χ1v) is 7.09. The van der Waals surface area contributed by atoms with Crippen molar-refractivity contribution in [3.8, 4) is 5.75 Å². The highest BCUT2D eigenvalue weighted by molar-refractivity contribution is 9.10. The summed E-state index contributed by atoms with van der Waals surface area (Å²) in [5.74, 6) is -0.833. The van der Waals surface area contributed by atoms with Gasteiger partial charge in [-0.1, -0.05) is 13.8 Å². The molecule has 0 aliphatic carbocycles. The molecule has 0 aliphatic heterocycles. The van der Waals surface area contributed by atoms with Crippen molar-refractivity contribution < 1.29 is 19.4 Å². The third-order valence-electron chi connectivity index (χ3n) is 3.38. The van der Waals surface area contributed by atoms with E-state index in [9.17, 15) is 14.7 Å². The minimum Gasteiger partial charge on any atom is -0.496 e. The quantitative estimate of drug-likeness (QED) is 0.832. The molecular formula is C14H18BrNO4. The Balaban J connectivity index is 3.01. The topological polar surface area (TPSA) is 75.6 Å². The lowest BCUT2D eigenvalue weighted by molar-refractivity contribution is -0.144. The number of hydrogen-bond donors (Lipinski definition) is 2. The van der Waals surface area contributed by atoms with Gasteiger partial charge in [0.1, 0.15) is 11.3 Å². The van der Waals surface area contributed by atoms with E-state index in [0.29, 0.717) is 28.6 Å². The van der Waals surface area contributed by atoms with Gasteiger partial charge in [0, 0.05) is 5.56 Å². The molecule has 0 saturated carbocycles. The summed E-state index contributed by atoms with van der Waals surface area (Å²) < 4.78 is 5.73. The van der Waals surface area contributed by atoms with Gasteiger partial charge in [-0.3, -0.25) is 4.79 Å². The lowest BCUT2D eigenvalue weighted by Crippen LogP contribution is -2.53. The number of halogens is 1. The Hall–Kier alpha value is -1.56. The van der Waals surface area contributed by atoms with E-state index in [1.54, 1.807) is 32.0 Å². The average molecular weight is 344 g/mol. The standard InChI is InChI=1S/C14H18BrNO4/c1-4-14(5-2,13(18)19)16-12(17)9-6-7-11(20-3)10(15)8-9/h6-8H,4-5H2,1-3H3,(H,16,17)(H,18,19). The summed E-state index contributed by atoms with van der Waals surface area (Å²) in [5, 5.41) is 11.9. The zero-order valence-electron chi connectivity index (χ0n) is 11.7. The Morgan fingerprint density at radius 2 is 1.95 bits per heavy atom. The number of amides is 1. The number of hydrogen-bond acceptors (Lipinski definition) is 3. The maximum absolute atomic E-state index is 12.2. The van der Waals surface area contributed by atoms with Gasteiger partial charge in [-0.2, -0.15) is 0 Å². The molecule has 0 bridgehead atoms. The maximum atomic E-state index is 12.2. The van der Waals surface area contributed by atoms with Crippen LogP contribution in [0.2, 0.25) is 0 Å². The van der Waals surface area contributed by atoms with Crippen LogP contribution >= 0.6 is 15.9 Å². The van der Waals surface area contributed by atoms with Crippen LogP contribution in [0.25, 0.3) is 0 Å². The fourth-order valence-corrected chi connectivity index (χ4v) is 2.42. The monoisotopic (exact) mass is 343 g/mol. The molecule has 0 atom stereocenters. The van der Waals surface area contributed by atoms with Crippen molar-refractivity contribution >= 4 is 27.8 Å². The number of carbonyl (C=O) groups is 2. The van der Waals surface area contributed by atoms with E-state index in [0.717, 1.165) is 0 Å².